The van der Waals surface area contributed by atoms with E-state index in [4.69, 9.17) is 0 Å². The number of aliphatic hydroxyl groups excluding tert-OH is 1. The van der Waals surface area contributed by atoms with Crippen LogP contribution < -0.4 is 0 Å². The maximum Gasteiger partial charge on any atom is 0.0695 e. The summed E-state index contributed by atoms with van der Waals surface area (Å²) < 4.78 is 0. The van der Waals surface area contributed by atoms with E-state index in [0.29, 0.717) is 6.04 Å². The number of likely N-dealkylation sites (N-methyl/N-ethyl adjacent to an activating group) is 1. The molecular weight excluding hydrogens is 212 g/mol. The van der Waals surface area contributed by atoms with E-state index in [2.05, 4.69) is 30.8 Å². The van der Waals surface area contributed by atoms with Gasteiger partial charge in [0.2, 0.25) is 0 Å². The van der Waals surface area contributed by atoms with Crippen molar-refractivity contribution in [3.8, 4) is 0 Å². The van der Waals surface area contributed by atoms with E-state index in [1.54, 1.807) is 0 Å². The van der Waals surface area contributed by atoms with Gasteiger partial charge in [0, 0.05) is 6.04 Å². The van der Waals surface area contributed by atoms with Crippen LogP contribution in [0.5, 0.6) is 0 Å². The summed E-state index contributed by atoms with van der Waals surface area (Å²) in [5.41, 5.74) is 0. The van der Waals surface area contributed by atoms with Crippen LogP contribution in [0.2, 0.25) is 0 Å². The van der Waals surface area contributed by atoms with E-state index in [1.807, 2.05) is 0 Å². The highest BCUT2D eigenvalue weighted by molar-refractivity contribution is 4.81. The summed E-state index contributed by atoms with van der Waals surface area (Å²) in [4.78, 5) is 4.72. The molecule has 0 heterocycles. The molecule has 3 heteroatoms. The summed E-state index contributed by atoms with van der Waals surface area (Å²) in [5, 5.41) is 10.2. The van der Waals surface area contributed by atoms with Gasteiger partial charge >= 0.3 is 0 Å². The average Bonchev–Trinajstić information content (AvgIpc) is 2.49. The van der Waals surface area contributed by atoms with E-state index in [0.717, 1.165) is 26.1 Å². The SMILES string of the molecule is CCN(CCCN(C)C)C1CCCCCC1O. The zero-order valence-electron chi connectivity index (χ0n) is 11.9. The van der Waals surface area contributed by atoms with Crippen LogP contribution in [-0.4, -0.2) is 60.8 Å². The molecule has 0 aliphatic heterocycles. The Morgan fingerprint density at radius 2 is 1.76 bits per heavy atom. The van der Waals surface area contributed by atoms with Crippen molar-refractivity contribution in [1.29, 1.82) is 0 Å². The molecule has 102 valence electrons. The van der Waals surface area contributed by atoms with Crippen molar-refractivity contribution >= 4 is 0 Å². The molecule has 1 aliphatic carbocycles. The third-order valence-corrected chi connectivity index (χ3v) is 3.87. The van der Waals surface area contributed by atoms with Crippen LogP contribution in [0.4, 0.5) is 0 Å². The number of hydrogen-bond acceptors (Lipinski definition) is 3. The summed E-state index contributed by atoms with van der Waals surface area (Å²) in [5.74, 6) is 0. The van der Waals surface area contributed by atoms with Gasteiger partial charge in [-0.1, -0.05) is 26.2 Å². The molecule has 0 amide bonds. The fraction of sp³-hybridized carbons (Fsp3) is 1.00. The summed E-state index contributed by atoms with van der Waals surface area (Å²) in [6, 6.07) is 0.407. The maximum absolute atomic E-state index is 10.2. The molecule has 2 unspecified atom stereocenters. The van der Waals surface area contributed by atoms with Crippen LogP contribution in [0, 0.1) is 0 Å². The fourth-order valence-corrected chi connectivity index (χ4v) is 2.84. The minimum Gasteiger partial charge on any atom is -0.391 e. The predicted octanol–water partition coefficient (Wildman–Crippen LogP) is 1.95. The first kappa shape index (κ1) is 14.9. The third kappa shape index (κ3) is 5.36. The van der Waals surface area contributed by atoms with Gasteiger partial charge in [-0.2, -0.15) is 0 Å². The lowest BCUT2D eigenvalue weighted by Crippen LogP contribution is -2.44. The lowest BCUT2D eigenvalue weighted by molar-refractivity contribution is 0.0452. The largest absolute Gasteiger partial charge is 0.391 e. The van der Waals surface area contributed by atoms with Gasteiger partial charge in [0.25, 0.3) is 0 Å². The van der Waals surface area contributed by atoms with Crippen molar-refractivity contribution in [1.82, 2.24) is 9.80 Å². The maximum atomic E-state index is 10.2. The Kier molecular flexibility index (Phi) is 7.09. The molecule has 3 nitrogen and oxygen atoms in total. The molecule has 0 bridgehead atoms. The van der Waals surface area contributed by atoms with Crippen LogP contribution >= 0.6 is 0 Å². The Morgan fingerprint density at radius 1 is 1.06 bits per heavy atom. The van der Waals surface area contributed by atoms with Crippen molar-refractivity contribution < 1.29 is 5.11 Å². The Bertz CT molecular complexity index is 197. The highest BCUT2D eigenvalue weighted by atomic mass is 16.3. The first-order valence-corrected chi connectivity index (χ1v) is 7.22. The first-order valence-electron chi connectivity index (χ1n) is 7.22. The highest BCUT2D eigenvalue weighted by Gasteiger charge is 2.26. The monoisotopic (exact) mass is 242 g/mol. The van der Waals surface area contributed by atoms with E-state index >= 15 is 0 Å². The minimum atomic E-state index is -0.100. The van der Waals surface area contributed by atoms with Crippen molar-refractivity contribution in [2.45, 2.75) is 57.6 Å². The zero-order valence-corrected chi connectivity index (χ0v) is 11.9. The van der Waals surface area contributed by atoms with Crippen LogP contribution in [0.25, 0.3) is 0 Å². The number of nitrogens with zero attached hydrogens (tertiary/aromatic N) is 2. The van der Waals surface area contributed by atoms with E-state index in [9.17, 15) is 5.11 Å². The van der Waals surface area contributed by atoms with Gasteiger partial charge in [0.05, 0.1) is 6.10 Å². The Labute approximate surface area is 107 Å². The fourth-order valence-electron chi connectivity index (χ4n) is 2.84. The third-order valence-electron chi connectivity index (χ3n) is 3.87. The smallest absolute Gasteiger partial charge is 0.0695 e. The summed E-state index contributed by atoms with van der Waals surface area (Å²) in [7, 11) is 4.24. The molecule has 2 atom stereocenters. The van der Waals surface area contributed by atoms with Gasteiger partial charge in [-0.15, -0.1) is 0 Å². The molecule has 0 radical (unpaired) electrons. The molecule has 0 aromatic carbocycles. The van der Waals surface area contributed by atoms with Crippen molar-refractivity contribution in [3.05, 3.63) is 0 Å². The second kappa shape index (κ2) is 8.06. The molecule has 0 saturated heterocycles. The molecule has 1 aliphatic rings. The summed E-state index contributed by atoms with van der Waals surface area (Å²) >= 11 is 0. The number of rotatable bonds is 6. The summed E-state index contributed by atoms with van der Waals surface area (Å²) in [6.45, 7) is 5.54. The van der Waals surface area contributed by atoms with Gasteiger partial charge in [0.15, 0.2) is 0 Å². The highest BCUT2D eigenvalue weighted by Crippen LogP contribution is 2.22. The van der Waals surface area contributed by atoms with Crippen LogP contribution in [0.1, 0.15) is 45.4 Å². The Hall–Kier alpha value is -0.120. The summed E-state index contributed by atoms with van der Waals surface area (Å²) in [6.07, 6.45) is 7.05. The van der Waals surface area contributed by atoms with Crippen molar-refractivity contribution in [2.24, 2.45) is 0 Å². The van der Waals surface area contributed by atoms with Gasteiger partial charge in [0.1, 0.15) is 0 Å². The van der Waals surface area contributed by atoms with E-state index in [1.165, 1.54) is 32.1 Å². The zero-order chi connectivity index (χ0) is 12.7. The predicted molar refractivity (Wildman–Crippen MR) is 73.3 cm³/mol. The van der Waals surface area contributed by atoms with Crippen LogP contribution in [0.3, 0.4) is 0 Å². The molecule has 0 aromatic heterocycles. The quantitative estimate of drug-likeness (QED) is 0.721. The Balaban J connectivity index is 2.40. The molecule has 1 rings (SSSR count). The molecule has 1 saturated carbocycles. The van der Waals surface area contributed by atoms with Gasteiger partial charge < -0.3 is 10.0 Å². The van der Waals surface area contributed by atoms with E-state index < -0.39 is 0 Å². The number of aliphatic hydroxyl groups is 1. The molecule has 0 spiro atoms. The molecule has 1 N–H and O–H groups in total. The van der Waals surface area contributed by atoms with Gasteiger partial charge in [-0.3, -0.25) is 4.90 Å². The van der Waals surface area contributed by atoms with Gasteiger partial charge in [-0.05, 0) is 53.0 Å². The van der Waals surface area contributed by atoms with Crippen LogP contribution in [0.15, 0.2) is 0 Å². The second-order valence-corrected chi connectivity index (χ2v) is 5.56. The van der Waals surface area contributed by atoms with Crippen molar-refractivity contribution in [3.63, 3.8) is 0 Å². The lowest BCUT2D eigenvalue weighted by atomic mass is 10.0. The lowest BCUT2D eigenvalue weighted by Gasteiger charge is -2.33. The average molecular weight is 242 g/mol. The number of hydrogen-bond donors (Lipinski definition) is 1. The minimum absolute atomic E-state index is 0.100. The molecule has 0 aromatic rings. The molecule has 17 heavy (non-hydrogen) atoms. The topological polar surface area (TPSA) is 26.7 Å². The van der Waals surface area contributed by atoms with E-state index in [-0.39, 0.29) is 6.10 Å². The standard InChI is InChI=1S/C14H30N2O/c1-4-16(12-8-11-15(2)3)13-9-6-5-7-10-14(13)17/h13-14,17H,4-12H2,1-3H3. The molecular formula is C14H30N2O. The first-order chi connectivity index (χ1) is 8.15. The van der Waals surface area contributed by atoms with Crippen molar-refractivity contribution in [2.75, 3.05) is 33.7 Å². The Morgan fingerprint density at radius 3 is 2.41 bits per heavy atom. The van der Waals surface area contributed by atoms with Gasteiger partial charge in [-0.25, -0.2) is 0 Å². The second-order valence-electron chi connectivity index (χ2n) is 5.56. The van der Waals surface area contributed by atoms with Crippen LogP contribution in [-0.2, 0) is 0 Å². The molecule has 1 fully saturated rings. The normalized spacial score (nSPS) is 26.5.